The van der Waals surface area contributed by atoms with Gasteiger partial charge in [0.05, 0.1) is 11.6 Å². The first kappa shape index (κ1) is 13.3. The van der Waals surface area contributed by atoms with Gasteiger partial charge in [0.25, 0.3) is 0 Å². The first-order valence-corrected chi connectivity index (χ1v) is 5.84. The van der Waals surface area contributed by atoms with E-state index in [-0.39, 0.29) is 17.1 Å². The lowest BCUT2D eigenvalue weighted by Crippen LogP contribution is -2.01. The summed E-state index contributed by atoms with van der Waals surface area (Å²) in [5, 5.41) is 11.9. The molecule has 0 saturated heterocycles. The highest BCUT2D eigenvalue weighted by molar-refractivity contribution is 6.30. The summed E-state index contributed by atoms with van der Waals surface area (Å²) in [4.78, 5) is 0. The fourth-order valence-corrected chi connectivity index (χ4v) is 1.90. The summed E-state index contributed by atoms with van der Waals surface area (Å²) in [6, 6.07) is 9.96. The molecule has 0 amide bonds. The van der Waals surface area contributed by atoms with Gasteiger partial charge in [-0.3, -0.25) is 0 Å². The fourth-order valence-electron chi connectivity index (χ4n) is 1.68. The van der Waals surface area contributed by atoms with Crippen molar-refractivity contribution in [3.05, 3.63) is 64.2 Å². The Morgan fingerprint density at radius 1 is 1.05 bits per heavy atom. The number of hydrogen-bond donors (Lipinski definition) is 1. The molecule has 0 atom stereocenters. The summed E-state index contributed by atoms with van der Waals surface area (Å²) in [5.41, 5.74) is 1.33. The van der Waals surface area contributed by atoms with Gasteiger partial charge in [0.1, 0.15) is 11.6 Å². The molecule has 0 aliphatic heterocycles. The van der Waals surface area contributed by atoms with Crippen molar-refractivity contribution in [1.29, 1.82) is 5.26 Å². The topological polar surface area (TPSA) is 35.8 Å². The largest absolute Gasteiger partial charge is 0.381 e. The molecule has 0 spiro atoms. The maximum atomic E-state index is 13.2. The molecule has 2 aromatic carbocycles. The maximum Gasteiger partial charge on any atom is 0.126 e. The monoisotopic (exact) mass is 278 g/mol. The van der Waals surface area contributed by atoms with Crippen LogP contribution in [0.5, 0.6) is 0 Å². The molecule has 0 bridgehead atoms. The molecular formula is C14H9ClF2N2. The highest BCUT2D eigenvalue weighted by Crippen LogP contribution is 2.19. The molecule has 96 valence electrons. The second-order valence-electron chi connectivity index (χ2n) is 3.97. The van der Waals surface area contributed by atoms with Crippen molar-refractivity contribution in [2.24, 2.45) is 0 Å². The number of rotatable bonds is 3. The van der Waals surface area contributed by atoms with Gasteiger partial charge in [-0.1, -0.05) is 11.6 Å². The Bertz CT molecular complexity index is 630. The maximum absolute atomic E-state index is 13.2. The van der Waals surface area contributed by atoms with Gasteiger partial charge in [-0.25, -0.2) is 8.78 Å². The van der Waals surface area contributed by atoms with Crippen molar-refractivity contribution < 1.29 is 8.78 Å². The van der Waals surface area contributed by atoms with Gasteiger partial charge in [-0.2, -0.15) is 5.26 Å². The van der Waals surface area contributed by atoms with Crippen LogP contribution in [0.3, 0.4) is 0 Å². The van der Waals surface area contributed by atoms with Crippen LogP contribution in [0.4, 0.5) is 14.5 Å². The molecule has 0 unspecified atom stereocenters. The molecule has 0 aromatic heterocycles. The minimum atomic E-state index is -0.479. The van der Waals surface area contributed by atoms with Gasteiger partial charge in [0.2, 0.25) is 0 Å². The summed E-state index contributed by atoms with van der Waals surface area (Å²) in [6.07, 6.45) is 0. The van der Waals surface area contributed by atoms with Gasteiger partial charge in [-0.05, 0) is 42.0 Å². The zero-order valence-electron chi connectivity index (χ0n) is 9.75. The molecule has 0 heterocycles. The third-order valence-corrected chi connectivity index (χ3v) is 2.66. The lowest BCUT2D eigenvalue weighted by atomic mass is 10.1. The summed E-state index contributed by atoms with van der Waals surface area (Å²) < 4.78 is 26.3. The molecule has 5 heteroatoms. The Balaban J connectivity index is 2.14. The average Bonchev–Trinajstić information content (AvgIpc) is 2.34. The summed E-state index contributed by atoms with van der Waals surface area (Å²) in [6.45, 7) is 0.270. The highest BCUT2D eigenvalue weighted by atomic mass is 35.5. The molecule has 19 heavy (non-hydrogen) atoms. The van der Waals surface area contributed by atoms with Gasteiger partial charge in [-0.15, -0.1) is 0 Å². The summed E-state index contributed by atoms with van der Waals surface area (Å²) in [7, 11) is 0. The van der Waals surface area contributed by atoms with Crippen LogP contribution in [0.2, 0.25) is 5.02 Å². The molecule has 2 nitrogen and oxygen atoms in total. The molecule has 1 N–H and O–H groups in total. The number of nitriles is 1. The third-order valence-electron chi connectivity index (χ3n) is 2.45. The Hall–Kier alpha value is -2.12. The number of nitrogens with one attached hydrogen (secondary N) is 1. The standard InChI is InChI=1S/C14H9ClF2N2/c15-11-4-13(17)6-14(5-11)19-8-10-1-9(7-18)2-12(16)3-10/h1-6,19H,8H2. The Morgan fingerprint density at radius 2 is 1.79 bits per heavy atom. The second kappa shape index (κ2) is 5.68. The molecule has 2 rings (SSSR count). The zero-order chi connectivity index (χ0) is 13.8. The van der Waals surface area contributed by atoms with E-state index in [1.54, 1.807) is 12.1 Å². The fraction of sp³-hybridized carbons (Fsp3) is 0.0714. The van der Waals surface area contributed by atoms with E-state index in [0.717, 1.165) is 6.07 Å². The minimum Gasteiger partial charge on any atom is -0.381 e. The van der Waals surface area contributed by atoms with Crippen LogP contribution >= 0.6 is 11.6 Å². The van der Waals surface area contributed by atoms with Crippen molar-refractivity contribution in [3.63, 3.8) is 0 Å². The molecule has 0 radical (unpaired) electrons. The van der Waals surface area contributed by atoms with E-state index in [0.29, 0.717) is 11.3 Å². The first-order chi connectivity index (χ1) is 9.06. The van der Waals surface area contributed by atoms with E-state index in [1.165, 1.54) is 18.2 Å². The molecule has 0 aliphatic rings. The molecule has 0 fully saturated rings. The van der Waals surface area contributed by atoms with Gasteiger partial charge < -0.3 is 5.32 Å². The van der Waals surface area contributed by atoms with Gasteiger partial charge in [0, 0.05) is 17.3 Å². The van der Waals surface area contributed by atoms with Crippen LogP contribution in [0.15, 0.2) is 36.4 Å². The van der Waals surface area contributed by atoms with Crippen molar-refractivity contribution in [3.8, 4) is 6.07 Å². The SMILES string of the molecule is N#Cc1cc(F)cc(CNc2cc(F)cc(Cl)c2)c1. The van der Waals surface area contributed by atoms with Crippen LogP contribution in [0.1, 0.15) is 11.1 Å². The number of anilines is 1. The lowest BCUT2D eigenvalue weighted by molar-refractivity contribution is 0.624. The van der Waals surface area contributed by atoms with Crippen LogP contribution in [0, 0.1) is 23.0 Å². The number of hydrogen-bond acceptors (Lipinski definition) is 2. The smallest absolute Gasteiger partial charge is 0.126 e. The number of benzene rings is 2. The van der Waals surface area contributed by atoms with Crippen molar-refractivity contribution >= 4 is 17.3 Å². The summed E-state index contributed by atoms with van der Waals surface area (Å²) >= 11 is 5.72. The number of halogens is 3. The van der Waals surface area contributed by atoms with E-state index < -0.39 is 11.6 Å². The van der Waals surface area contributed by atoms with Crippen LogP contribution in [-0.2, 0) is 6.54 Å². The first-order valence-electron chi connectivity index (χ1n) is 5.46. The third kappa shape index (κ3) is 3.67. The van der Waals surface area contributed by atoms with Crippen LogP contribution < -0.4 is 5.32 Å². The summed E-state index contributed by atoms with van der Waals surface area (Å²) in [5.74, 6) is -0.930. The van der Waals surface area contributed by atoms with E-state index in [4.69, 9.17) is 16.9 Å². The van der Waals surface area contributed by atoms with Gasteiger partial charge >= 0.3 is 0 Å². The quantitative estimate of drug-likeness (QED) is 0.917. The zero-order valence-corrected chi connectivity index (χ0v) is 10.5. The Labute approximate surface area is 114 Å². The minimum absolute atomic E-state index is 0.245. The van der Waals surface area contributed by atoms with Gasteiger partial charge in [0.15, 0.2) is 0 Å². The molecule has 0 saturated carbocycles. The van der Waals surface area contributed by atoms with E-state index in [2.05, 4.69) is 5.32 Å². The number of nitrogens with zero attached hydrogens (tertiary/aromatic N) is 1. The van der Waals surface area contributed by atoms with E-state index >= 15 is 0 Å². The predicted molar refractivity (Wildman–Crippen MR) is 69.9 cm³/mol. The average molecular weight is 279 g/mol. The second-order valence-corrected chi connectivity index (χ2v) is 4.41. The van der Waals surface area contributed by atoms with Crippen LogP contribution in [0.25, 0.3) is 0 Å². The molecule has 0 aliphatic carbocycles. The molecular weight excluding hydrogens is 270 g/mol. The highest BCUT2D eigenvalue weighted by Gasteiger charge is 2.02. The normalized spacial score (nSPS) is 10.0. The molecule has 2 aromatic rings. The lowest BCUT2D eigenvalue weighted by Gasteiger charge is -2.08. The van der Waals surface area contributed by atoms with E-state index in [9.17, 15) is 8.78 Å². The van der Waals surface area contributed by atoms with Crippen molar-refractivity contribution in [2.75, 3.05) is 5.32 Å². The predicted octanol–water partition coefficient (Wildman–Crippen LogP) is 4.10. The Kier molecular flexibility index (Phi) is 3.98. The van der Waals surface area contributed by atoms with E-state index in [1.807, 2.05) is 6.07 Å². The van der Waals surface area contributed by atoms with Crippen LogP contribution in [-0.4, -0.2) is 0 Å². The Morgan fingerprint density at radius 3 is 2.47 bits per heavy atom. The van der Waals surface area contributed by atoms with Crippen molar-refractivity contribution in [2.45, 2.75) is 6.54 Å². The van der Waals surface area contributed by atoms with Crippen molar-refractivity contribution in [1.82, 2.24) is 0 Å².